The van der Waals surface area contributed by atoms with Crippen LogP contribution < -0.4 is 0 Å². The quantitative estimate of drug-likeness (QED) is 0.270. The van der Waals surface area contributed by atoms with Crippen molar-refractivity contribution in [2.45, 2.75) is 5.44 Å². The topological polar surface area (TPSA) is 87.0 Å². The molecule has 0 amide bonds. The van der Waals surface area contributed by atoms with E-state index in [-0.39, 0.29) is 0 Å². The molecule has 1 atom stereocenters. The first-order valence-electron chi connectivity index (χ1n) is 2.24. The van der Waals surface area contributed by atoms with E-state index in [4.69, 9.17) is 10.2 Å². The van der Waals surface area contributed by atoms with Crippen LogP contribution in [0.5, 0.6) is 0 Å². The zero-order valence-electron chi connectivity index (χ0n) is 4.80. The van der Waals surface area contributed by atoms with Crippen molar-refractivity contribution < 1.29 is 15.0 Å². The van der Waals surface area contributed by atoms with Crippen LogP contribution in [0.4, 0.5) is 0 Å². The van der Waals surface area contributed by atoms with Crippen LogP contribution in [0.2, 0.25) is 0 Å². The summed E-state index contributed by atoms with van der Waals surface area (Å²) >= 11 is 0.348. The predicted octanol–water partition coefficient (Wildman–Crippen LogP) is 0.360. The molecule has 0 aromatic carbocycles. The minimum Gasteiger partial charge on any atom is -0.478 e. The maximum Gasteiger partial charge on any atom is 0.328 e. The Morgan fingerprint density at radius 1 is 1.70 bits per heavy atom. The van der Waals surface area contributed by atoms with Crippen molar-refractivity contribution in [2.75, 3.05) is 0 Å². The highest BCUT2D eigenvalue weighted by Gasteiger charge is 1.98. The summed E-state index contributed by atoms with van der Waals surface area (Å²) in [6, 6.07) is 0. The predicted molar refractivity (Wildman–Crippen MR) is 36.2 cm³/mol. The lowest BCUT2D eigenvalue weighted by atomic mass is 10.5. The van der Waals surface area contributed by atoms with Gasteiger partial charge in [-0.3, -0.25) is 0 Å². The van der Waals surface area contributed by atoms with Gasteiger partial charge in [0.15, 0.2) is 0 Å². The molecular weight excluding hydrogens is 158 g/mol. The third-order valence-corrected chi connectivity index (χ3v) is 1.01. The molecule has 0 rings (SSSR count). The lowest BCUT2D eigenvalue weighted by molar-refractivity contribution is -0.131. The van der Waals surface area contributed by atoms with Gasteiger partial charge in [0.05, 0.1) is 11.9 Å². The van der Waals surface area contributed by atoms with Crippen LogP contribution in [0.25, 0.3) is 0 Å². The van der Waals surface area contributed by atoms with Crippen molar-refractivity contribution in [2.24, 2.45) is 4.58 Å². The van der Waals surface area contributed by atoms with Crippen LogP contribution in [-0.4, -0.2) is 21.6 Å². The van der Waals surface area contributed by atoms with Crippen molar-refractivity contribution in [1.82, 2.24) is 0 Å². The van der Waals surface area contributed by atoms with Gasteiger partial charge in [-0.15, -0.1) is 4.91 Å². The van der Waals surface area contributed by atoms with Crippen molar-refractivity contribution in [3.63, 3.8) is 0 Å². The fraction of sp³-hybridized carbons (Fsp3) is 0.250. The van der Waals surface area contributed by atoms with E-state index in [2.05, 4.69) is 4.58 Å². The Bertz CT molecular complexity index is 157. The normalized spacial score (nSPS) is 13.3. The monoisotopic (exact) mass is 163 g/mol. The molecule has 56 valence electrons. The molecule has 0 heterocycles. The van der Waals surface area contributed by atoms with Crippen molar-refractivity contribution >= 4 is 17.9 Å². The van der Waals surface area contributed by atoms with Crippen LogP contribution in [0.1, 0.15) is 0 Å². The first-order valence-corrected chi connectivity index (χ1v) is 3.08. The molecule has 2 N–H and O–H groups in total. The molecular formula is C4H5NO4S. The SMILES string of the molecule is O=NSC(O)/C=C/C(=O)O. The standard InChI is InChI=1S/C4H5NO4S/c6-3(7)1-2-4(8)10-5-9/h1-2,4,8H,(H,6,7)/b2-1+. The summed E-state index contributed by atoms with van der Waals surface area (Å²) in [7, 11) is 0. The third-order valence-electron chi connectivity index (χ3n) is 0.554. The van der Waals surface area contributed by atoms with E-state index in [0.717, 1.165) is 12.2 Å². The third kappa shape index (κ3) is 5.26. The number of aliphatic hydroxyl groups is 1. The highest BCUT2D eigenvalue weighted by atomic mass is 32.2. The molecule has 0 aliphatic heterocycles. The second kappa shape index (κ2) is 4.95. The summed E-state index contributed by atoms with van der Waals surface area (Å²) in [5.74, 6) is -1.18. The van der Waals surface area contributed by atoms with Gasteiger partial charge in [-0.25, -0.2) is 4.79 Å². The summed E-state index contributed by atoms with van der Waals surface area (Å²) in [4.78, 5) is 19.2. The van der Waals surface area contributed by atoms with Crippen LogP contribution in [0.15, 0.2) is 16.7 Å². The van der Waals surface area contributed by atoms with Gasteiger partial charge in [0.1, 0.15) is 5.44 Å². The fourth-order valence-electron chi connectivity index (χ4n) is 0.244. The molecule has 5 nitrogen and oxygen atoms in total. The smallest absolute Gasteiger partial charge is 0.328 e. The molecule has 1 unspecified atom stereocenters. The maximum absolute atomic E-state index is 9.79. The Labute approximate surface area is 60.8 Å². The van der Waals surface area contributed by atoms with Crippen LogP contribution in [0, 0.1) is 4.91 Å². The molecule has 0 aromatic rings. The number of carbonyl (C=O) groups is 1. The summed E-state index contributed by atoms with van der Waals surface area (Å²) in [5, 5.41) is 16.6. The number of carboxylic acid groups (broad SMARTS) is 1. The Morgan fingerprint density at radius 2 is 2.30 bits per heavy atom. The fourth-order valence-corrected chi connectivity index (χ4v) is 0.481. The Kier molecular flexibility index (Phi) is 4.51. The second-order valence-corrected chi connectivity index (χ2v) is 2.11. The minimum absolute atomic E-state index is 0.348. The average molecular weight is 163 g/mol. The maximum atomic E-state index is 9.79. The van der Waals surface area contributed by atoms with E-state index in [1.807, 2.05) is 0 Å². The van der Waals surface area contributed by atoms with Gasteiger partial charge >= 0.3 is 5.97 Å². The average Bonchev–Trinajstić information content (AvgIpc) is 1.85. The van der Waals surface area contributed by atoms with Crippen molar-refractivity contribution in [1.29, 1.82) is 0 Å². The van der Waals surface area contributed by atoms with Crippen molar-refractivity contribution in [3.8, 4) is 0 Å². The zero-order chi connectivity index (χ0) is 7.98. The lowest BCUT2D eigenvalue weighted by Gasteiger charge is -1.92. The molecule has 0 bridgehead atoms. The molecule has 0 saturated heterocycles. The summed E-state index contributed by atoms with van der Waals surface area (Å²) in [6.45, 7) is 0. The molecule has 0 aliphatic rings. The minimum atomic E-state index is -1.18. The number of carboxylic acids is 1. The van der Waals surface area contributed by atoms with E-state index in [1.54, 1.807) is 0 Å². The van der Waals surface area contributed by atoms with Gasteiger partial charge < -0.3 is 10.2 Å². The molecule has 0 spiro atoms. The lowest BCUT2D eigenvalue weighted by Crippen LogP contribution is -1.95. The number of nitroso groups, excluding NO2 is 1. The molecule has 0 fully saturated rings. The van der Waals surface area contributed by atoms with E-state index in [9.17, 15) is 9.70 Å². The van der Waals surface area contributed by atoms with Gasteiger partial charge in [-0.2, -0.15) is 0 Å². The number of nitrogens with zero attached hydrogens (tertiary/aromatic N) is 1. The molecule has 0 aliphatic carbocycles. The largest absolute Gasteiger partial charge is 0.478 e. The van der Waals surface area contributed by atoms with E-state index in [0.29, 0.717) is 11.9 Å². The Morgan fingerprint density at radius 3 is 2.70 bits per heavy atom. The van der Waals surface area contributed by atoms with Gasteiger partial charge in [0.25, 0.3) is 0 Å². The second-order valence-electron chi connectivity index (χ2n) is 1.27. The van der Waals surface area contributed by atoms with Gasteiger partial charge in [-0.05, 0) is 6.08 Å². The molecule has 0 saturated carbocycles. The van der Waals surface area contributed by atoms with Crippen LogP contribution >= 0.6 is 11.9 Å². The number of hydrogen-bond acceptors (Lipinski definition) is 5. The zero-order valence-corrected chi connectivity index (χ0v) is 5.61. The summed E-state index contributed by atoms with van der Waals surface area (Å²) < 4.78 is 2.29. The van der Waals surface area contributed by atoms with Crippen molar-refractivity contribution in [3.05, 3.63) is 17.1 Å². The number of hydrogen-bond donors (Lipinski definition) is 2. The first-order chi connectivity index (χ1) is 4.66. The van der Waals surface area contributed by atoms with Crippen LogP contribution in [-0.2, 0) is 4.79 Å². The van der Waals surface area contributed by atoms with E-state index in [1.165, 1.54) is 0 Å². The van der Waals surface area contributed by atoms with E-state index >= 15 is 0 Å². The van der Waals surface area contributed by atoms with Gasteiger partial charge in [0, 0.05) is 10.7 Å². The Hall–Kier alpha value is -0.880. The number of rotatable bonds is 4. The van der Waals surface area contributed by atoms with Crippen LogP contribution in [0.3, 0.4) is 0 Å². The number of aliphatic carboxylic acids is 1. The summed E-state index contributed by atoms with van der Waals surface area (Å²) in [5.41, 5.74) is -1.17. The summed E-state index contributed by atoms with van der Waals surface area (Å²) in [6.07, 6.45) is 1.69. The highest BCUT2D eigenvalue weighted by Crippen LogP contribution is 2.08. The number of aliphatic hydroxyl groups excluding tert-OH is 1. The molecule has 0 aromatic heterocycles. The first kappa shape index (κ1) is 9.12. The molecule has 0 radical (unpaired) electrons. The van der Waals surface area contributed by atoms with Gasteiger partial charge in [-0.1, -0.05) is 0 Å². The van der Waals surface area contributed by atoms with Gasteiger partial charge in [0.2, 0.25) is 0 Å². The molecule has 10 heavy (non-hydrogen) atoms. The Balaban J connectivity index is 3.65. The van der Waals surface area contributed by atoms with E-state index < -0.39 is 11.4 Å². The highest BCUT2D eigenvalue weighted by molar-refractivity contribution is 7.98. The molecule has 6 heteroatoms.